The van der Waals surface area contributed by atoms with Gasteiger partial charge >= 0.3 is 17.9 Å². The van der Waals surface area contributed by atoms with Gasteiger partial charge in [-0.3, -0.25) is 14.4 Å². The molecule has 1 unspecified atom stereocenters. The van der Waals surface area contributed by atoms with Gasteiger partial charge in [0.1, 0.15) is 30.2 Å². The summed E-state index contributed by atoms with van der Waals surface area (Å²) in [7, 11) is 0.619. The minimum Gasteiger partial charge on any atom is -0.462 e. The fourth-order valence-corrected chi connectivity index (χ4v) is 13.0. The molecular weight excluding hydrogens is 1010 g/mol. The lowest BCUT2D eigenvalue weighted by molar-refractivity contribution is -0.345. The lowest BCUT2D eigenvalue weighted by Gasteiger charge is -2.51. The molecule has 4 heterocycles. The molecule has 0 amide bonds. The number of rotatable bonds is 18. The van der Waals surface area contributed by atoms with E-state index in [-0.39, 0.29) is 46.8 Å². The third-order valence-electron chi connectivity index (χ3n) is 16.4. The van der Waals surface area contributed by atoms with E-state index >= 15 is 0 Å². The normalized spacial score (nSPS) is 36.9. The van der Waals surface area contributed by atoms with E-state index in [4.69, 9.17) is 56.2 Å². The van der Waals surface area contributed by atoms with E-state index in [0.717, 1.165) is 12.8 Å². The maximum absolute atomic E-state index is 14.0. The second-order valence-electron chi connectivity index (χ2n) is 25.1. The molecule has 0 radical (unpaired) electrons. The van der Waals surface area contributed by atoms with Gasteiger partial charge in [-0.05, 0) is 109 Å². The maximum atomic E-state index is 14.0. The molecule has 4 rings (SSSR count). The van der Waals surface area contributed by atoms with Gasteiger partial charge in [-0.25, -0.2) is 0 Å². The zero-order valence-corrected chi connectivity index (χ0v) is 52.7. The maximum Gasteiger partial charge on any atom is 0.308 e. The molecule has 0 aromatic carbocycles. The SMILES string of the molecule is CCCCC(=O)O[C@H]1[C@H](C)O[C@@H](O[C@H]2[C@H](N(C)C)[C@@H](OC(C)=O)[C@H](O[C@H]3[C@H]4CC(O[Si](C)(C)C(C)(C)C)O[C@H](CC(=O)O[C@H](C)C/C=C/C=C/[C@H](O[Si](C)(C)C(C)(C)C)[C@H](C)C4)[C@@H]3OC)O[C@@H]2C)C[C@@]1(C)OCSC. The summed E-state index contributed by atoms with van der Waals surface area (Å²) >= 11 is 1.53. The van der Waals surface area contributed by atoms with Crippen molar-refractivity contribution in [2.24, 2.45) is 11.8 Å². The molecule has 17 atom stereocenters. The highest BCUT2D eigenvalue weighted by Crippen LogP contribution is 2.45. The van der Waals surface area contributed by atoms with Crippen LogP contribution in [0.1, 0.15) is 141 Å². The smallest absolute Gasteiger partial charge is 0.308 e. The Balaban J connectivity index is 1.85. The van der Waals surface area contributed by atoms with Crippen LogP contribution in [0.5, 0.6) is 0 Å². The Morgan fingerprint density at radius 1 is 0.840 bits per heavy atom. The summed E-state index contributed by atoms with van der Waals surface area (Å²) in [5.41, 5.74) is -0.950. The van der Waals surface area contributed by atoms with Gasteiger partial charge in [-0.1, -0.05) is 86.1 Å². The predicted molar refractivity (Wildman–Crippen MR) is 298 cm³/mol. The zero-order chi connectivity index (χ0) is 56.4. The van der Waals surface area contributed by atoms with Crippen LogP contribution in [-0.4, -0.2) is 164 Å². The number of unbranched alkanes of at least 4 members (excludes halogenated alkanes) is 1. The lowest BCUT2D eigenvalue weighted by atomic mass is 9.83. The van der Waals surface area contributed by atoms with Crippen LogP contribution in [-0.2, 0) is 70.6 Å². The number of methoxy groups -OCH3 is 1. The molecule has 0 aromatic rings. The summed E-state index contributed by atoms with van der Waals surface area (Å²) in [5, 5.41) is -0.212. The Morgan fingerprint density at radius 2 is 1.49 bits per heavy atom. The third-order valence-corrected chi connectivity index (χ3v) is 25.7. The molecule has 16 nitrogen and oxygen atoms in total. The monoisotopic (exact) mass is 1120 g/mol. The fraction of sp³-hybridized carbons (Fsp3) is 0.875. The van der Waals surface area contributed by atoms with Crippen molar-refractivity contribution in [3.05, 3.63) is 24.3 Å². The average Bonchev–Trinajstić information content (AvgIpc) is 3.40. The largest absolute Gasteiger partial charge is 0.462 e. The highest BCUT2D eigenvalue weighted by Gasteiger charge is 2.56. The summed E-state index contributed by atoms with van der Waals surface area (Å²) in [6, 6.07) is -0.627. The number of allylic oxidation sites excluding steroid dienone is 2. The van der Waals surface area contributed by atoms with Crippen molar-refractivity contribution in [2.75, 3.05) is 33.4 Å². The first-order valence-corrected chi connectivity index (χ1v) is 34.8. The van der Waals surface area contributed by atoms with Crippen molar-refractivity contribution in [3.8, 4) is 0 Å². The van der Waals surface area contributed by atoms with Gasteiger partial charge in [-0.15, -0.1) is 11.8 Å². The topological polar surface area (TPSA) is 165 Å². The van der Waals surface area contributed by atoms with Gasteiger partial charge < -0.3 is 61.1 Å². The number of carbonyl (C=O) groups is 3. The van der Waals surface area contributed by atoms with E-state index < -0.39 is 114 Å². The van der Waals surface area contributed by atoms with Crippen molar-refractivity contribution >= 4 is 46.3 Å². The van der Waals surface area contributed by atoms with Crippen LogP contribution in [0.15, 0.2) is 24.3 Å². The van der Waals surface area contributed by atoms with Crippen LogP contribution in [0.4, 0.5) is 0 Å². The number of likely N-dealkylation sites (N-methyl/N-ethyl adjacent to an activating group) is 1. The first-order chi connectivity index (χ1) is 34.8. The van der Waals surface area contributed by atoms with Crippen LogP contribution in [0.2, 0.25) is 36.3 Å². The molecule has 3 fully saturated rings. The molecule has 4 aliphatic rings. The molecule has 0 spiro atoms. The zero-order valence-electron chi connectivity index (χ0n) is 49.9. The van der Waals surface area contributed by atoms with Crippen molar-refractivity contribution in [3.63, 3.8) is 0 Å². The van der Waals surface area contributed by atoms with Gasteiger partial charge in [-0.2, -0.15) is 0 Å². The van der Waals surface area contributed by atoms with Gasteiger partial charge in [0.2, 0.25) is 0 Å². The minimum absolute atomic E-state index is 0.0510. The summed E-state index contributed by atoms with van der Waals surface area (Å²) < 4.78 is 80.8. The third kappa shape index (κ3) is 18.1. The number of cyclic esters (lactones) is 1. The minimum atomic E-state index is -2.49. The lowest BCUT2D eigenvalue weighted by Crippen LogP contribution is -2.66. The van der Waals surface area contributed by atoms with Crippen LogP contribution in [0.3, 0.4) is 0 Å². The van der Waals surface area contributed by atoms with Crippen molar-refractivity contribution in [1.82, 2.24) is 4.90 Å². The molecule has 0 saturated carbocycles. The summed E-state index contributed by atoms with van der Waals surface area (Å²) in [5.74, 6) is -1.28. The summed E-state index contributed by atoms with van der Waals surface area (Å²) in [4.78, 5) is 42.4. The molecule has 3 saturated heterocycles. The molecule has 19 heteroatoms. The Bertz CT molecular complexity index is 1880. The average molecular weight is 1120 g/mol. The van der Waals surface area contributed by atoms with E-state index in [1.165, 1.54) is 18.7 Å². The van der Waals surface area contributed by atoms with Gasteiger partial charge in [0, 0.05) is 39.7 Å². The Morgan fingerprint density at radius 3 is 2.08 bits per heavy atom. The first kappa shape index (κ1) is 65.8. The second-order valence-corrected chi connectivity index (χ2v) is 35.4. The quantitative estimate of drug-likeness (QED) is 0.0550. The van der Waals surface area contributed by atoms with Gasteiger partial charge in [0.25, 0.3) is 0 Å². The molecule has 434 valence electrons. The molecule has 0 N–H and O–H groups in total. The Kier molecular flexibility index (Phi) is 24.7. The van der Waals surface area contributed by atoms with Gasteiger partial charge in [0.15, 0.2) is 41.4 Å². The molecule has 2 bridgehead atoms. The van der Waals surface area contributed by atoms with Crippen LogP contribution in [0.25, 0.3) is 0 Å². The summed E-state index contributed by atoms with van der Waals surface area (Å²) in [6.07, 6.45) is 4.10. The van der Waals surface area contributed by atoms with Crippen molar-refractivity contribution in [2.45, 2.75) is 269 Å². The van der Waals surface area contributed by atoms with Crippen LogP contribution < -0.4 is 0 Å². The number of hydrogen-bond acceptors (Lipinski definition) is 17. The van der Waals surface area contributed by atoms with Gasteiger partial charge in [0.05, 0.1) is 48.9 Å². The molecule has 4 aliphatic heterocycles. The predicted octanol–water partition coefficient (Wildman–Crippen LogP) is 10.7. The number of nitrogens with zero attached hydrogens (tertiary/aromatic N) is 1. The molecule has 0 aliphatic carbocycles. The number of esters is 3. The highest BCUT2D eigenvalue weighted by atomic mass is 32.2. The Hall–Kier alpha value is -1.73. The van der Waals surface area contributed by atoms with E-state index in [1.807, 2.05) is 78.1 Å². The van der Waals surface area contributed by atoms with Crippen molar-refractivity contribution < 1.29 is 70.6 Å². The summed E-state index contributed by atoms with van der Waals surface area (Å²) in [6.45, 7) is 35.5. The van der Waals surface area contributed by atoms with Crippen LogP contribution >= 0.6 is 11.8 Å². The second kappa shape index (κ2) is 28.1. The van der Waals surface area contributed by atoms with E-state index in [2.05, 4.69) is 80.7 Å². The number of carbonyl (C=O) groups excluding carboxylic acids is 3. The molecule has 75 heavy (non-hydrogen) atoms. The van der Waals surface area contributed by atoms with E-state index in [0.29, 0.717) is 31.6 Å². The van der Waals surface area contributed by atoms with Crippen LogP contribution in [0, 0.1) is 11.8 Å². The standard InChI is InChI=1S/C56H101NO15SSi2/c1-22-23-29-43(59)68-52-38(5)64-46(33-56(52,13)62-34-73-17)69-48-37(4)65-53(51(66-39(6)58)47(48)57(14)15)70-49-40-30-35(2)41(71-74(18,19)54(7,8)9)28-26-24-25-27-36(3)63-44(60)32-42(50(49)61-16)67-45(31-40)72-75(20,21)55(10,11)12/h24-26,28,35-38,40-42,45-53H,22-23,27,29-34H2,1-21H3/b25-24+,28-26+/t35-,36-,37-,38+,40-,41+,42-,45?,46+,47+,48-,49+,50+,51-,52+,53+,56-/m1/s1. The number of ether oxygens (including phenoxy) is 10. The van der Waals surface area contributed by atoms with E-state index in [9.17, 15) is 14.4 Å². The number of hydrogen-bond donors (Lipinski definition) is 0. The Labute approximate surface area is 458 Å². The first-order valence-electron chi connectivity index (χ1n) is 27.6. The molecule has 0 aromatic heterocycles. The number of thioether (sulfide) groups is 1. The fourth-order valence-electron chi connectivity index (χ4n) is 10.1. The molecular formula is C56H101NO15SSi2. The highest BCUT2D eigenvalue weighted by molar-refractivity contribution is 7.98. The van der Waals surface area contributed by atoms with E-state index in [1.54, 1.807) is 7.11 Å². The van der Waals surface area contributed by atoms with Crippen molar-refractivity contribution in [1.29, 1.82) is 0 Å². The number of fused-ring (bicyclic) bond motifs is 3.